The number of aromatic nitrogens is 3. The highest BCUT2D eigenvalue weighted by Crippen LogP contribution is 2.18. The van der Waals surface area contributed by atoms with Gasteiger partial charge in [-0.2, -0.15) is 0 Å². The topological polar surface area (TPSA) is 71.0 Å². The molecule has 0 atom stereocenters. The molecule has 0 aromatic carbocycles. The Labute approximate surface area is 125 Å². The van der Waals surface area contributed by atoms with Crippen LogP contribution in [0.4, 0.5) is 5.82 Å². The van der Waals surface area contributed by atoms with Crippen LogP contribution in [-0.4, -0.2) is 39.0 Å². The average Bonchev–Trinajstić information content (AvgIpc) is 2.74. The number of carbonyl (C=O) groups excluding carboxylic acids is 1. The zero-order chi connectivity index (χ0) is 14.5. The van der Waals surface area contributed by atoms with Gasteiger partial charge in [-0.05, 0) is 26.1 Å². The molecule has 0 spiro atoms. The van der Waals surface area contributed by atoms with E-state index in [1.165, 1.54) is 0 Å². The zero-order valence-corrected chi connectivity index (χ0v) is 12.7. The molecule has 2 aromatic heterocycles. The summed E-state index contributed by atoms with van der Waals surface area (Å²) >= 11 is 7.06. The molecular weight excluding hydrogens is 298 g/mol. The highest BCUT2D eigenvalue weighted by atomic mass is 35.5. The van der Waals surface area contributed by atoms with E-state index < -0.39 is 0 Å². The van der Waals surface area contributed by atoms with Crippen LogP contribution in [0.5, 0.6) is 0 Å². The molecule has 1 N–H and O–H groups in total. The molecule has 0 aliphatic carbocycles. The van der Waals surface area contributed by atoms with E-state index in [-0.39, 0.29) is 12.5 Å². The minimum Gasteiger partial charge on any atom is -0.310 e. The number of carbonyl (C=O) groups is 1. The van der Waals surface area contributed by atoms with Gasteiger partial charge >= 0.3 is 0 Å². The van der Waals surface area contributed by atoms with Crippen LogP contribution in [0.3, 0.4) is 0 Å². The van der Waals surface area contributed by atoms with Gasteiger partial charge in [0, 0.05) is 23.8 Å². The summed E-state index contributed by atoms with van der Waals surface area (Å²) in [4.78, 5) is 17.9. The summed E-state index contributed by atoms with van der Waals surface area (Å²) in [5, 5.41) is 6.66. The van der Waals surface area contributed by atoms with Crippen molar-refractivity contribution in [3.8, 4) is 0 Å². The second-order valence-corrected chi connectivity index (χ2v) is 5.73. The highest BCUT2D eigenvalue weighted by molar-refractivity contribution is 7.10. The van der Waals surface area contributed by atoms with Crippen molar-refractivity contribution in [2.75, 3.05) is 18.9 Å². The number of hydrogen-bond acceptors (Lipinski definition) is 6. The summed E-state index contributed by atoms with van der Waals surface area (Å²) in [6, 6.07) is 5.48. The van der Waals surface area contributed by atoms with Gasteiger partial charge in [0.1, 0.15) is 15.8 Å². The molecule has 0 aliphatic heterocycles. The van der Waals surface area contributed by atoms with Gasteiger partial charge < -0.3 is 5.32 Å². The lowest BCUT2D eigenvalue weighted by atomic mass is 10.3. The second kappa shape index (κ2) is 6.74. The van der Waals surface area contributed by atoms with E-state index >= 15 is 0 Å². The van der Waals surface area contributed by atoms with Crippen molar-refractivity contribution in [1.82, 2.24) is 19.5 Å². The maximum absolute atomic E-state index is 11.9. The van der Waals surface area contributed by atoms with Crippen LogP contribution < -0.4 is 5.32 Å². The second-order valence-electron chi connectivity index (χ2n) is 4.38. The number of likely N-dealkylation sites (N-methyl/N-ethyl adjacent to an activating group) is 1. The molecule has 106 valence electrons. The standard InChI is InChI=1S/C12H14ClN5OS/c1-8-4-3-5-10(14-8)15-11(19)7-18(2)6-9-12(13)20-17-16-9/h3-5H,6-7H2,1-2H3,(H,14,15,19). The molecule has 6 nitrogen and oxygen atoms in total. The largest absolute Gasteiger partial charge is 0.310 e. The maximum Gasteiger partial charge on any atom is 0.239 e. The highest BCUT2D eigenvalue weighted by Gasteiger charge is 2.12. The van der Waals surface area contributed by atoms with Crippen molar-refractivity contribution in [1.29, 1.82) is 0 Å². The van der Waals surface area contributed by atoms with Gasteiger partial charge in [0.05, 0.1) is 6.54 Å². The maximum atomic E-state index is 11.9. The number of hydrogen-bond donors (Lipinski definition) is 1. The first-order valence-electron chi connectivity index (χ1n) is 5.93. The Hall–Kier alpha value is -1.57. The number of amides is 1. The Morgan fingerprint density at radius 2 is 2.30 bits per heavy atom. The van der Waals surface area contributed by atoms with E-state index in [0.717, 1.165) is 17.2 Å². The summed E-state index contributed by atoms with van der Waals surface area (Å²) in [5.41, 5.74) is 1.54. The van der Waals surface area contributed by atoms with Crippen molar-refractivity contribution < 1.29 is 4.79 Å². The molecule has 2 heterocycles. The predicted molar refractivity (Wildman–Crippen MR) is 78.9 cm³/mol. The Balaban J connectivity index is 1.86. The third kappa shape index (κ3) is 4.22. The van der Waals surface area contributed by atoms with E-state index in [4.69, 9.17) is 11.6 Å². The Kier molecular flexibility index (Phi) is 4.99. The van der Waals surface area contributed by atoms with E-state index in [9.17, 15) is 4.79 Å². The first-order valence-corrected chi connectivity index (χ1v) is 7.08. The fourth-order valence-electron chi connectivity index (χ4n) is 1.64. The predicted octanol–water partition coefficient (Wildman–Crippen LogP) is 1.97. The van der Waals surface area contributed by atoms with Gasteiger partial charge in [0.25, 0.3) is 0 Å². The quantitative estimate of drug-likeness (QED) is 0.914. The lowest BCUT2D eigenvalue weighted by Crippen LogP contribution is -2.30. The van der Waals surface area contributed by atoms with Crippen LogP contribution >= 0.6 is 23.1 Å². The molecule has 2 aromatic rings. The lowest BCUT2D eigenvalue weighted by Gasteiger charge is -2.14. The minimum atomic E-state index is -0.134. The Morgan fingerprint density at radius 1 is 1.50 bits per heavy atom. The van der Waals surface area contributed by atoms with Crippen LogP contribution in [0.15, 0.2) is 18.2 Å². The van der Waals surface area contributed by atoms with Gasteiger partial charge in [-0.25, -0.2) is 4.98 Å². The SMILES string of the molecule is Cc1cccc(NC(=O)CN(C)Cc2nnsc2Cl)n1. The fourth-order valence-corrected chi connectivity index (χ4v) is 2.26. The zero-order valence-electron chi connectivity index (χ0n) is 11.1. The average molecular weight is 312 g/mol. The Morgan fingerprint density at radius 3 is 2.95 bits per heavy atom. The number of rotatable bonds is 5. The summed E-state index contributed by atoms with van der Waals surface area (Å²) < 4.78 is 4.31. The molecule has 8 heteroatoms. The summed E-state index contributed by atoms with van der Waals surface area (Å²) in [7, 11) is 1.82. The number of nitrogens with zero attached hydrogens (tertiary/aromatic N) is 4. The molecule has 0 radical (unpaired) electrons. The third-order valence-corrected chi connectivity index (χ3v) is 3.48. The first-order chi connectivity index (χ1) is 9.54. The van der Waals surface area contributed by atoms with Crippen LogP contribution in [0, 0.1) is 6.92 Å². The number of halogens is 1. The number of anilines is 1. The van der Waals surface area contributed by atoms with Crippen molar-refractivity contribution in [3.63, 3.8) is 0 Å². The normalized spacial score (nSPS) is 10.8. The van der Waals surface area contributed by atoms with Gasteiger partial charge in [-0.1, -0.05) is 22.2 Å². The smallest absolute Gasteiger partial charge is 0.239 e. The van der Waals surface area contributed by atoms with Crippen LogP contribution in [-0.2, 0) is 11.3 Å². The summed E-state index contributed by atoms with van der Waals surface area (Å²) in [6.07, 6.45) is 0. The van der Waals surface area contributed by atoms with Gasteiger partial charge in [0.2, 0.25) is 5.91 Å². The van der Waals surface area contributed by atoms with Gasteiger partial charge in [0.15, 0.2) is 0 Å². The van der Waals surface area contributed by atoms with E-state index in [2.05, 4.69) is 19.9 Å². The van der Waals surface area contributed by atoms with E-state index in [0.29, 0.717) is 22.4 Å². The fraction of sp³-hybridized carbons (Fsp3) is 0.333. The van der Waals surface area contributed by atoms with Crippen molar-refractivity contribution >= 4 is 34.9 Å². The third-order valence-electron chi connectivity index (χ3n) is 2.50. The molecule has 0 bridgehead atoms. The molecule has 0 fully saturated rings. The molecular formula is C12H14ClN5OS. The van der Waals surface area contributed by atoms with Crippen LogP contribution in [0.25, 0.3) is 0 Å². The monoisotopic (exact) mass is 311 g/mol. The number of aryl methyl sites for hydroxylation is 1. The number of pyridine rings is 1. The molecule has 20 heavy (non-hydrogen) atoms. The molecule has 0 unspecified atom stereocenters. The van der Waals surface area contributed by atoms with E-state index in [1.54, 1.807) is 6.07 Å². The number of nitrogens with one attached hydrogen (secondary N) is 1. The first kappa shape index (κ1) is 14.8. The minimum absolute atomic E-state index is 0.134. The van der Waals surface area contributed by atoms with Crippen molar-refractivity contribution in [2.45, 2.75) is 13.5 Å². The molecule has 2 rings (SSSR count). The Bertz CT molecular complexity index is 603. The van der Waals surface area contributed by atoms with Crippen molar-refractivity contribution in [3.05, 3.63) is 33.9 Å². The lowest BCUT2D eigenvalue weighted by molar-refractivity contribution is -0.117. The van der Waals surface area contributed by atoms with Crippen LogP contribution in [0.2, 0.25) is 4.34 Å². The molecule has 0 saturated carbocycles. The molecule has 1 amide bonds. The van der Waals surface area contributed by atoms with Gasteiger partial charge in [-0.3, -0.25) is 9.69 Å². The van der Waals surface area contributed by atoms with Gasteiger partial charge in [-0.15, -0.1) is 5.10 Å². The summed E-state index contributed by atoms with van der Waals surface area (Å²) in [5.74, 6) is 0.418. The van der Waals surface area contributed by atoms with E-state index in [1.807, 2.05) is 31.0 Å². The van der Waals surface area contributed by atoms with Crippen LogP contribution in [0.1, 0.15) is 11.4 Å². The van der Waals surface area contributed by atoms with Crippen molar-refractivity contribution in [2.24, 2.45) is 0 Å². The molecule has 0 saturated heterocycles. The molecule has 0 aliphatic rings. The summed E-state index contributed by atoms with van der Waals surface area (Å²) in [6.45, 7) is 2.58.